The molecule has 166 valence electrons. The number of piperidine rings is 1. The van der Waals surface area contributed by atoms with E-state index in [-0.39, 0.29) is 0 Å². The van der Waals surface area contributed by atoms with Gasteiger partial charge in [-0.3, -0.25) is 0 Å². The zero-order chi connectivity index (χ0) is 21.3. The van der Waals surface area contributed by atoms with Gasteiger partial charge in [0.2, 0.25) is 0 Å². The number of ether oxygens (including phenoxy) is 2. The molecule has 0 saturated carbocycles. The van der Waals surface area contributed by atoms with E-state index in [1.54, 1.807) is 0 Å². The molecule has 2 aliphatic heterocycles. The van der Waals surface area contributed by atoms with Gasteiger partial charge in [-0.05, 0) is 87.0 Å². The number of nitrogens with zero attached hydrogens (tertiary/aromatic N) is 1. The molecule has 1 saturated heterocycles. The van der Waals surface area contributed by atoms with E-state index in [9.17, 15) is 0 Å². The molecule has 0 bridgehead atoms. The lowest BCUT2D eigenvalue weighted by Crippen LogP contribution is -2.32. The molecular formula is C28H31NO2S. The normalized spacial score (nSPS) is 17.5. The van der Waals surface area contributed by atoms with Gasteiger partial charge in [-0.15, -0.1) is 11.3 Å². The van der Waals surface area contributed by atoms with Gasteiger partial charge in [0.15, 0.2) is 0 Å². The fourth-order valence-corrected chi connectivity index (χ4v) is 6.51. The summed E-state index contributed by atoms with van der Waals surface area (Å²) in [7, 11) is 0. The molecule has 0 amide bonds. The number of rotatable bonds is 5. The maximum atomic E-state index is 6.48. The minimum Gasteiger partial charge on any atom is -0.456 e. The molecule has 0 atom stereocenters. The highest BCUT2D eigenvalue weighted by Gasteiger charge is 2.25. The number of hydrogen-bond acceptors (Lipinski definition) is 4. The van der Waals surface area contributed by atoms with E-state index in [0.29, 0.717) is 6.61 Å². The third-order valence-corrected chi connectivity index (χ3v) is 8.26. The molecule has 0 spiro atoms. The molecule has 1 aromatic heterocycles. The van der Waals surface area contributed by atoms with Crippen LogP contribution in [-0.4, -0.2) is 31.1 Å². The summed E-state index contributed by atoms with van der Waals surface area (Å²) in [5.41, 5.74) is 6.70. The van der Waals surface area contributed by atoms with Crippen molar-refractivity contribution in [3.05, 3.63) is 58.5 Å². The average Bonchev–Trinajstić information content (AvgIpc) is 3.21. The van der Waals surface area contributed by atoms with Gasteiger partial charge in [0.25, 0.3) is 0 Å². The summed E-state index contributed by atoms with van der Waals surface area (Å²) in [6.45, 7) is 5.01. The van der Waals surface area contributed by atoms with E-state index in [1.807, 2.05) is 11.3 Å². The highest BCUT2D eigenvalue weighted by atomic mass is 32.1. The number of hydrogen-bond donors (Lipinski definition) is 0. The number of benzene rings is 2. The van der Waals surface area contributed by atoms with Crippen molar-refractivity contribution in [2.45, 2.75) is 51.6 Å². The molecule has 1 aliphatic carbocycles. The lowest BCUT2D eigenvalue weighted by molar-refractivity contribution is 0.0878. The summed E-state index contributed by atoms with van der Waals surface area (Å²) in [6, 6.07) is 15.5. The van der Waals surface area contributed by atoms with E-state index in [4.69, 9.17) is 9.47 Å². The predicted octanol–water partition coefficient (Wildman–Crippen LogP) is 7.07. The Balaban J connectivity index is 1.29. The van der Waals surface area contributed by atoms with Crippen molar-refractivity contribution >= 4 is 11.3 Å². The van der Waals surface area contributed by atoms with Gasteiger partial charge in [-0.25, -0.2) is 0 Å². The van der Waals surface area contributed by atoms with Crippen molar-refractivity contribution in [3.8, 4) is 33.1 Å². The van der Waals surface area contributed by atoms with Gasteiger partial charge < -0.3 is 14.4 Å². The van der Waals surface area contributed by atoms with Crippen molar-refractivity contribution < 1.29 is 9.47 Å². The Bertz CT molecular complexity index is 1110. The van der Waals surface area contributed by atoms with E-state index in [1.165, 1.54) is 95.6 Å². The van der Waals surface area contributed by atoms with Crippen molar-refractivity contribution in [3.63, 3.8) is 0 Å². The zero-order valence-corrected chi connectivity index (χ0v) is 19.5. The minimum absolute atomic E-state index is 0.689. The summed E-state index contributed by atoms with van der Waals surface area (Å²) in [4.78, 5) is 5.17. The number of para-hydroxylation sites is 1. The van der Waals surface area contributed by atoms with Crippen LogP contribution < -0.4 is 4.74 Å². The maximum Gasteiger partial charge on any atom is 0.136 e. The van der Waals surface area contributed by atoms with E-state index in [2.05, 4.69) is 47.4 Å². The second-order valence-electron chi connectivity index (χ2n) is 9.33. The van der Waals surface area contributed by atoms with Gasteiger partial charge in [0.05, 0.1) is 13.2 Å². The molecule has 32 heavy (non-hydrogen) atoms. The number of fused-ring (bicyclic) bond motifs is 6. The van der Waals surface area contributed by atoms with Gasteiger partial charge >= 0.3 is 0 Å². The lowest BCUT2D eigenvalue weighted by atomic mass is 9.89. The molecule has 2 aromatic carbocycles. The first kappa shape index (κ1) is 20.5. The first-order valence-electron chi connectivity index (χ1n) is 12.2. The van der Waals surface area contributed by atoms with Crippen LogP contribution in [0, 0.1) is 0 Å². The maximum absolute atomic E-state index is 6.48. The number of thiophene rings is 1. The fraction of sp³-hybridized carbons (Fsp3) is 0.429. The number of likely N-dealkylation sites (tertiary alicyclic amines) is 1. The third-order valence-electron chi connectivity index (χ3n) is 7.11. The molecule has 0 N–H and O–H groups in total. The minimum atomic E-state index is 0.689. The van der Waals surface area contributed by atoms with Crippen LogP contribution in [-0.2, 0) is 24.2 Å². The van der Waals surface area contributed by atoms with Crippen LogP contribution in [0.3, 0.4) is 0 Å². The zero-order valence-electron chi connectivity index (χ0n) is 18.7. The number of aryl methyl sites for hydroxylation is 2. The monoisotopic (exact) mass is 445 g/mol. The van der Waals surface area contributed by atoms with Crippen molar-refractivity contribution in [1.29, 1.82) is 0 Å². The summed E-state index contributed by atoms with van der Waals surface area (Å²) >= 11 is 1.87. The summed E-state index contributed by atoms with van der Waals surface area (Å²) in [5.74, 6) is 1.97. The standard InChI is InChI=1S/C28H31NO2S/c1-6-12-29(13-7-1)14-15-30-19-22-18-24-23-10-4-5-11-26(23)31-27-17-21-9-3-2-8-20(21)16-25(27)28(24)32-22/h4-5,10-11,16-18H,1-3,6-9,12-15,19H2. The molecule has 6 rings (SSSR count). The highest BCUT2D eigenvalue weighted by molar-refractivity contribution is 7.16. The van der Waals surface area contributed by atoms with Gasteiger partial charge in [0.1, 0.15) is 11.5 Å². The fourth-order valence-electron chi connectivity index (χ4n) is 5.38. The molecule has 3 heterocycles. The molecule has 0 unspecified atom stereocenters. The SMILES string of the molecule is c1ccc2c(c1)Oc1cc3c(cc1-c1sc(COCCN4CCCCC4)cc1-2)CCCC3. The molecule has 3 aromatic rings. The summed E-state index contributed by atoms with van der Waals surface area (Å²) < 4.78 is 12.6. The molecule has 3 nitrogen and oxygen atoms in total. The van der Waals surface area contributed by atoms with Crippen LogP contribution in [0.1, 0.15) is 48.1 Å². The van der Waals surface area contributed by atoms with Crippen LogP contribution in [0.25, 0.3) is 21.6 Å². The summed E-state index contributed by atoms with van der Waals surface area (Å²) in [6.07, 6.45) is 8.98. The molecule has 3 aliphatic rings. The second-order valence-corrected chi connectivity index (χ2v) is 10.5. The average molecular weight is 446 g/mol. The van der Waals surface area contributed by atoms with Crippen LogP contribution in [0.2, 0.25) is 0 Å². The molecular weight excluding hydrogens is 414 g/mol. The van der Waals surface area contributed by atoms with Crippen LogP contribution in [0.15, 0.2) is 42.5 Å². The predicted molar refractivity (Wildman–Crippen MR) is 132 cm³/mol. The Kier molecular flexibility index (Phi) is 5.76. The van der Waals surface area contributed by atoms with Gasteiger partial charge in [-0.1, -0.05) is 24.6 Å². The third kappa shape index (κ3) is 4.00. The first-order valence-corrected chi connectivity index (χ1v) is 13.0. The van der Waals surface area contributed by atoms with Crippen LogP contribution in [0.4, 0.5) is 0 Å². The Morgan fingerprint density at radius 2 is 1.62 bits per heavy atom. The Labute approximate surface area is 195 Å². The van der Waals surface area contributed by atoms with E-state index >= 15 is 0 Å². The second kappa shape index (κ2) is 9.01. The van der Waals surface area contributed by atoms with Crippen molar-refractivity contribution in [2.24, 2.45) is 0 Å². The Morgan fingerprint density at radius 1 is 0.812 bits per heavy atom. The molecule has 1 fully saturated rings. The van der Waals surface area contributed by atoms with Crippen molar-refractivity contribution in [1.82, 2.24) is 4.90 Å². The quantitative estimate of drug-likeness (QED) is 0.307. The first-order chi connectivity index (χ1) is 15.8. The lowest BCUT2D eigenvalue weighted by Gasteiger charge is -2.26. The van der Waals surface area contributed by atoms with E-state index < -0.39 is 0 Å². The molecule has 4 heteroatoms. The van der Waals surface area contributed by atoms with E-state index in [0.717, 1.165) is 24.7 Å². The van der Waals surface area contributed by atoms with Gasteiger partial charge in [0, 0.05) is 33.0 Å². The van der Waals surface area contributed by atoms with Crippen LogP contribution in [0.5, 0.6) is 11.5 Å². The molecule has 0 radical (unpaired) electrons. The summed E-state index contributed by atoms with van der Waals surface area (Å²) in [5, 5.41) is 0. The highest BCUT2D eigenvalue weighted by Crippen LogP contribution is 2.51. The Hall–Kier alpha value is -2.14. The topological polar surface area (TPSA) is 21.7 Å². The Morgan fingerprint density at radius 3 is 2.50 bits per heavy atom. The largest absolute Gasteiger partial charge is 0.456 e. The van der Waals surface area contributed by atoms with Gasteiger partial charge in [-0.2, -0.15) is 0 Å². The van der Waals surface area contributed by atoms with Crippen molar-refractivity contribution in [2.75, 3.05) is 26.2 Å². The smallest absolute Gasteiger partial charge is 0.136 e. The van der Waals surface area contributed by atoms with Crippen LogP contribution >= 0.6 is 11.3 Å².